The van der Waals surface area contributed by atoms with E-state index in [1.165, 1.54) is 25.4 Å². The lowest BCUT2D eigenvalue weighted by Crippen LogP contribution is -2.22. The van der Waals surface area contributed by atoms with Crippen molar-refractivity contribution in [2.24, 2.45) is 16.5 Å². The Labute approximate surface area is 116 Å². The van der Waals surface area contributed by atoms with Crippen molar-refractivity contribution in [3.05, 3.63) is 23.9 Å². The van der Waals surface area contributed by atoms with E-state index in [0.717, 1.165) is 0 Å². The first-order valence-electron chi connectivity index (χ1n) is 5.02. The number of pyridine rings is 1. The first kappa shape index (κ1) is 18.1. The Bertz CT molecular complexity index is 524. The van der Waals surface area contributed by atoms with Crippen LogP contribution in [0.5, 0.6) is 0 Å². The van der Waals surface area contributed by atoms with Gasteiger partial charge in [-0.3, -0.25) is 0 Å². The van der Waals surface area contributed by atoms with Crippen molar-refractivity contribution in [1.82, 2.24) is 4.98 Å². The monoisotopic (exact) mass is 308 g/mol. The van der Waals surface area contributed by atoms with E-state index in [4.69, 9.17) is 21.4 Å². The molecule has 5 N–H and O–H groups in total. The highest BCUT2D eigenvalue weighted by atomic mass is 19.4. The summed E-state index contributed by atoms with van der Waals surface area (Å²) in [5.74, 6) is -2.94. The van der Waals surface area contributed by atoms with Crippen LogP contribution in [0, 0.1) is 0 Å². The van der Waals surface area contributed by atoms with E-state index >= 15 is 0 Å². The second-order valence-electron chi connectivity index (χ2n) is 3.24. The molecule has 0 spiro atoms. The molecular formula is C10H11F3N4O4. The third kappa shape index (κ3) is 7.34. The zero-order valence-electron chi connectivity index (χ0n) is 10.6. The zero-order valence-corrected chi connectivity index (χ0v) is 10.6. The maximum atomic E-state index is 11.0. The minimum absolute atomic E-state index is 0.0803. The highest BCUT2D eigenvalue weighted by Crippen LogP contribution is 2.13. The van der Waals surface area contributed by atoms with Gasteiger partial charge in [-0.1, -0.05) is 0 Å². The Balaban J connectivity index is 0.000000486. The van der Waals surface area contributed by atoms with Gasteiger partial charge in [0.25, 0.3) is 0 Å². The number of guanidine groups is 1. The molecule has 0 aromatic carbocycles. The van der Waals surface area contributed by atoms with Gasteiger partial charge in [0.2, 0.25) is 0 Å². The fourth-order valence-corrected chi connectivity index (χ4v) is 0.823. The number of nitrogens with two attached hydrogens (primary N) is 2. The van der Waals surface area contributed by atoms with Crippen LogP contribution in [-0.2, 0) is 9.53 Å². The van der Waals surface area contributed by atoms with Crippen LogP contribution in [0.15, 0.2) is 23.3 Å². The first-order valence-corrected chi connectivity index (χ1v) is 5.02. The van der Waals surface area contributed by atoms with Crippen molar-refractivity contribution in [3.63, 3.8) is 0 Å². The topological polar surface area (TPSA) is 141 Å². The van der Waals surface area contributed by atoms with E-state index in [0.29, 0.717) is 11.4 Å². The summed E-state index contributed by atoms with van der Waals surface area (Å²) in [7, 11) is 1.30. The van der Waals surface area contributed by atoms with E-state index in [1.54, 1.807) is 0 Å². The van der Waals surface area contributed by atoms with Gasteiger partial charge in [-0.25, -0.2) is 14.6 Å². The zero-order chi connectivity index (χ0) is 16.6. The van der Waals surface area contributed by atoms with Gasteiger partial charge in [0, 0.05) is 6.20 Å². The lowest BCUT2D eigenvalue weighted by Gasteiger charge is -1.98. The van der Waals surface area contributed by atoms with E-state index in [9.17, 15) is 18.0 Å². The van der Waals surface area contributed by atoms with Crippen molar-refractivity contribution in [1.29, 1.82) is 0 Å². The molecule has 0 fully saturated rings. The van der Waals surface area contributed by atoms with Crippen molar-refractivity contribution >= 4 is 23.7 Å². The number of hydrogen-bond donors (Lipinski definition) is 3. The molecule has 0 saturated carbocycles. The standard InChI is InChI=1S/C8H10N4O2.C2HF3O2/c1-14-7(13)5-2-3-6(11-4-5)12-8(9)10;3-2(4,5)1(6)7/h2-4H,1H3,(H4,9,10,11,12);(H,6,7). The van der Waals surface area contributed by atoms with Crippen LogP contribution in [0.25, 0.3) is 0 Å². The molecule has 0 aliphatic heterocycles. The Morgan fingerprint density at radius 2 is 1.86 bits per heavy atom. The molecule has 1 rings (SSSR count). The van der Waals surface area contributed by atoms with Crippen molar-refractivity contribution < 1.29 is 32.6 Å². The number of ether oxygens (including phenoxy) is 1. The Morgan fingerprint density at radius 3 is 2.14 bits per heavy atom. The molecule has 0 amide bonds. The van der Waals surface area contributed by atoms with Crippen LogP contribution >= 0.6 is 0 Å². The lowest BCUT2D eigenvalue weighted by atomic mass is 10.3. The molecule has 11 heteroatoms. The second-order valence-corrected chi connectivity index (χ2v) is 3.24. The van der Waals surface area contributed by atoms with Gasteiger partial charge in [0.05, 0.1) is 12.7 Å². The molecule has 0 aliphatic carbocycles. The molecule has 8 nitrogen and oxygen atoms in total. The predicted octanol–water partition coefficient (Wildman–Crippen LogP) is 0.406. The molecule has 116 valence electrons. The molecule has 21 heavy (non-hydrogen) atoms. The molecule has 0 atom stereocenters. The van der Waals surface area contributed by atoms with Crippen molar-refractivity contribution in [2.75, 3.05) is 7.11 Å². The summed E-state index contributed by atoms with van der Waals surface area (Å²) in [6.07, 6.45) is -3.74. The average molecular weight is 308 g/mol. The number of halogens is 3. The number of aliphatic carboxylic acids is 1. The van der Waals surface area contributed by atoms with Gasteiger partial charge in [-0.05, 0) is 12.1 Å². The SMILES string of the molecule is COC(=O)c1ccc(N=C(N)N)nc1.O=C(O)C(F)(F)F. The van der Waals surface area contributed by atoms with E-state index in [1.807, 2.05) is 0 Å². The minimum Gasteiger partial charge on any atom is -0.475 e. The number of aliphatic imine (C=N–C) groups is 1. The minimum atomic E-state index is -5.08. The Morgan fingerprint density at radius 1 is 1.33 bits per heavy atom. The highest BCUT2D eigenvalue weighted by Gasteiger charge is 2.38. The molecule has 1 aromatic rings. The van der Waals surface area contributed by atoms with E-state index < -0.39 is 18.1 Å². The summed E-state index contributed by atoms with van der Waals surface area (Å²) in [6, 6.07) is 3.05. The molecule has 1 aromatic heterocycles. The van der Waals surface area contributed by atoms with Gasteiger partial charge in [0.1, 0.15) is 0 Å². The number of alkyl halides is 3. The Hall–Kier alpha value is -2.85. The van der Waals surface area contributed by atoms with Crippen LogP contribution in [0.1, 0.15) is 10.4 Å². The third-order valence-corrected chi connectivity index (χ3v) is 1.66. The van der Waals surface area contributed by atoms with Crippen LogP contribution in [0.2, 0.25) is 0 Å². The third-order valence-electron chi connectivity index (χ3n) is 1.66. The van der Waals surface area contributed by atoms with Crippen molar-refractivity contribution in [3.8, 4) is 0 Å². The van der Waals surface area contributed by atoms with Gasteiger partial charge in [-0.15, -0.1) is 0 Å². The second kappa shape index (κ2) is 7.67. The van der Waals surface area contributed by atoms with Gasteiger partial charge >= 0.3 is 18.1 Å². The number of esters is 1. The number of rotatable bonds is 2. The molecule has 1 heterocycles. The average Bonchev–Trinajstić information content (AvgIpc) is 2.37. The van der Waals surface area contributed by atoms with Crippen LogP contribution in [0.3, 0.4) is 0 Å². The molecular weight excluding hydrogens is 297 g/mol. The normalized spacial score (nSPS) is 9.90. The molecule has 0 bridgehead atoms. The summed E-state index contributed by atoms with van der Waals surface area (Å²) in [4.78, 5) is 27.4. The van der Waals surface area contributed by atoms with E-state index in [-0.39, 0.29) is 5.96 Å². The number of carbonyl (C=O) groups is 2. The van der Waals surface area contributed by atoms with Crippen LogP contribution in [-0.4, -0.2) is 41.3 Å². The predicted molar refractivity (Wildman–Crippen MR) is 64.7 cm³/mol. The first-order chi connectivity index (χ1) is 9.57. The number of methoxy groups -OCH3 is 1. The number of hydrogen-bond acceptors (Lipinski definition) is 5. The molecule has 0 aliphatic rings. The Kier molecular flexibility index (Phi) is 6.63. The van der Waals surface area contributed by atoms with Crippen molar-refractivity contribution in [2.45, 2.75) is 6.18 Å². The number of carboxylic acid groups (broad SMARTS) is 1. The highest BCUT2D eigenvalue weighted by molar-refractivity contribution is 5.89. The summed E-state index contributed by atoms with van der Waals surface area (Å²) < 4.78 is 36.2. The molecule has 0 radical (unpaired) electrons. The van der Waals surface area contributed by atoms with Gasteiger partial charge in [-0.2, -0.15) is 18.2 Å². The van der Waals surface area contributed by atoms with Gasteiger partial charge in [0.15, 0.2) is 11.8 Å². The number of carboxylic acids is 1. The largest absolute Gasteiger partial charge is 0.490 e. The fraction of sp³-hybridized carbons (Fsp3) is 0.200. The number of aromatic nitrogens is 1. The summed E-state index contributed by atoms with van der Waals surface area (Å²) in [5.41, 5.74) is 10.6. The summed E-state index contributed by atoms with van der Waals surface area (Å²) in [6.45, 7) is 0. The van der Waals surface area contributed by atoms with Crippen LogP contribution in [0.4, 0.5) is 19.0 Å². The number of carbonyl (C=O) groups excluding carboxylic acids is 1. The summed E-state index contributed by atoms with van der Waals surface area (Å²) >= 11 is 0. The molecule has 0 saturated heterocycles. The maximum absolute atomic E-state index is 11.0. The quantitative estimate of drug-likeness (QED) is 0.408. The maximum Gasteiger partial charge on any atom is 0.490 e. The molecule has 0 unspecified atom stereocenters. The number of nitrogens with zero attached hydrogens (tertiary/aromatic N) is 2. The smallest absolute Gasteiger partial charge is 0.475 e. The fourth-order valence-electron chi connectivity index (χ4n) is 0.823. The summed E-state index contributed by atoms with van der Waals surface area (Å²) in [5, 5.41) is 7.12. The van der Waals surface area contributed by atoms with Gasteiger partial charge < -0.3 is 21.3 Å². The lowest BCUT2D eigenvalue weighted by molar-refractivity contribution is -0.192. The van der Waals surface area contributed by atoms with E-state index in [2.05, 4.69) is 14.7 Å². The van der Waals surface area contributed by atoms with Crippen LogP contribution < -0.4 is 11.5 Å².